The van der Waals surface area contributed by atoms with Crippen molar-refractivity contribution in [2.24, 2.45) is 0 Å². The molecule has 0 fully saturated rings. The van der Waals surface area contributed by atoms with Crippen LogP contribution < -0.4 is 0 Å². The third-order valence-electron chi connectivity index (χ3n) is 1.82. The van der Waals surface area contributed by atoms with Crippen LogP contribution in [0.15, 0.2) is 30.6 Å². The van der Waals surface area contributed by atoms with Crippen molar-refractivity contribution < 1.29 is 8.78 Å². The third-order valence-corrected chi connectivity index (χ3v) is 2.11. The van der Waals surface area contributed by atoms with Gasteiger partial charge in [-0.25, -0.2) is 18.4 Å². The van der Waals surface area contributed by atoms with E-state index in [1.165, 1.54) is 23.1 Å². The summed E-state index contributed by atoms with van der Waals surface area (Å²) in [4.78, 5) is 3.83. The summed E-state index contributed by atoms with van der Waals surface area (Å²) in [6.07, 6.45) is 0.356. The van der Waals surface area contributed by atoms with Crippen molar-refractivity contribution in [3.63, 3.8) is 0 Å². The summed E-state index contributed by atoms with van der Waals surface area (Å²) in [6.45, 7) is 0. The van der Waals surface area contributed by atoms with Gasteiger partial charge in [-0.15, -0.1) is 0 Å². The summed E-state index contributed by atoms with van der Waals surface area (Å²) in [5.41, 5.74) is 0.195. The Labute approximate surface area is 89.3 Å². The van der Waals surface area contributed by atoms with Crippen molar-refractivity contribution in [3.05, 3.63) is 41.4 Å². The number of hydrogen-bond donors (Lipinski definition) is 0. The predicted octanol–water partition coefficient (Wildman–Crippen LogP) is 2.86. The molecule has 0 N–H and O–H groups in total. The van der Waals surface area contributed by atoms with Crippen molar-refractivity contribution >= 4 is 11.6 Å². The van der Waals surface area contributed by atoms with Gasteiger partial charge in [0.05, 0.1) is 0 Å². The molecule has 2 heterocycles. The fraction of sp³-hybridized carbons (Fsp3) is 0.111. The number of alkyl halides is 2. The van der Waals surface area contributed by atoms with Crippen LogP contribution in [0, 0.1) is 0 Å². The molecule has 0 unspecified atom stereocenters. The highest BCUT2D eigenvalue weighted by molar-refractivity contribution is 6.31. The molecule has 0 aromatic carbocycles. The van der Waals surface area contributed by atoms with Gasteiger partial charge in [-0.2, -0.15) is 5.10 Å². The number of pyridine rings is 1. The molecule has 15 heavy (non-hydrogen) atoms. The van der Waals surface area contributed by atoms with Gasteiger partial charge in [0.25, 0.3) is 6.43 Å². The van der Waals surface area contributed by atoms with Crippen LogP contribution in [0.1, 0.15) is 12.1 Å². The van der Waals surface area contributed by atoms with Crippen LogP contribution in [0.2, 0.25) is 5.15 Å². The van der Waals surface area contributed by atoms with Gasteiger partial charge in [0.2, 0.25) is 0 Å². The van der Waals surface area contributed by atoms with Crippen LogP contribution in [0.4, 0.5) is 8.78 Å². The van der Waals surface area contributed by atoms with Gasteiger partial charge in [-0.3, -0.25) is 0 Å². The van der Waals surface area contributed by atoms with E-state index < -0.39 is 6.43 Å². The van der Waals surface area contributed by atoms with Gasteiger partial charge >= 0.3 is 0 Å². The van der Waals surface area contributed by atoms with E-state index in [1.807, 2.05) is 0 Å². The second kappa shape index (κ2) is 3.94. The Hall–Kier alpha value is -1.49. The van der Waals surface area contributed by atoms with Crippen molar-refractivity contribution in [1.29, 1.82) is 0 Å². The van der Waals surface area contributed by atoms with E-state index in [9.17, 15) is 8.78 Å². The Bertz CT molecular complexity index is 470. The molecule has 3 nitrogen and oxygen atoms in total. The zero-order valence-corrected chi connectivity index (χ0v) is 8.20. The Morgan fingerprint density at radius 2 is 2.13 bits per heavy atom. The van der Waals surface area contributed by atoms with Gasteiger partial charge in [0.15, 0.2) is 5.15 Å². The number of halogens is 3. The smallest absolute Gasteiger partial charge is 0.242 e. The molecule has 0 radical (unpaired) electrons. The zero-order valence-electron chi connectivity index (χ0n) is 7.44. The first-order valence-corrected chi connectivity index (χ1v) is 4.51. The Morgan fingerprint density at radius 3 is 2.73 bits per heavy atom. The third kappa shape index (κ3) is 1.97. The highest BCUT2D eigenvalue weighted by Gasteiger charge is 2.12. The Balaban J connectivity index is 2.42. The van der Waals surface area contributed by atoms with Gasteiger partial charge in [-0.1, -0.05) is 11.6 Å². The first-order chi connectivity index (χ1) is 7.18. The fourth-order valence-corrected chi connectivity index (χ4v) is 1.34. The lowest BCUT2D eigenvalue weighted by atomic mass is 10.4. The molecule has 2 aromatic rings. The number of aromatic nitrogens is 3. The molecule has 0 amide bonds. The van der Waals surface area contributed by atoms with E-state index >= 15 is 0 Å². The maximum atomic E-state index is 12.3. The fourth-order valence-electron chi connectivity index (χ4n) is 1.14. The van der Waals surface area contributed by atoms with E-state index in [-0.39, 0.29) is 10.8 Å². The lowest BCUT2D eigenvalue weighted by Gasteiger charge is -2.01. The molecule has 0 bridgehead atoms. The van der Waals surface area contributed by atoms with Crippen LogP contribution >= 0.6 is 11.6 Å². The zero-order chi connectivity index (χ0) is 10.8. The normalized spacial score (nSPS) is 10.9. The maximum absolute atomic E-state index is 12.3. The second-order valence-corrected chi connectivity index (χ2v) is 3.16. The Morgan fingerprint density at radius 1 is 1.33 bits per heavy atom. The van der Waals surface area contributed by atoms with Crippen LogP contribution in [-0.2, 0) is 0 Å². The summed E-state index contributed by atoms with van der Waals surface area (Å²) in [5, 5.41) is 3.91. The predicted molar refractivity (Wildman–Crippen MR) is 51.3 cm³/mol. The minimum atomic E-state index is -2.58. The standard InChI is InChI=1S/C9H6ClF2N3/c10-8-7(2-1-4-13-8)15-5-3-6(14-15)9(11)12/h1-5,9H. The maximum Gasteiger partial charge on any atom is 0.282 e. The van der Waals surface area contributed by atoms with Gasteiger partial charge in [0, 0.05) is 12.4 Å². The molecule has 0 aliphatic heterocycles. The molecule has 0 aliphatic carbocycles. The highest BCUT2D eigenvalue weighted by Crippen LogP contribution is 2.20. The molecular weight excluding hydrogens is 224 g/mol. The molecular formula is C9H6ClF2N3. The van der Waals surface area contributed by atoms with Crippen molar-refractivity contribution in [1.82, 2.24) is 14.8 Å². The molecule has 0 atom stereocenters. The summed E-state index contributed by atoms with van der Waals surface area (Å²) in [6, 6.07) is 4.55. The largest absolute Gasteiger partial charge is 0.282 e. The topological polar surface area (TPSA) is 30.7 Å². The lowest BCUT2D eigenvalue weighted by Crippen LogP contribution is -1.98. The van der Waals surface area contributed by atoms with Crippen LogP contribution in [-0.4, -0.2) is 14.8 Å². The first kappa shape index (κ1) is 10.0. The molecule has 0 saturated carbocycles. The molecule has 78 valence electrons. The quantitative estimate of drug-likeness (QED) is 0.742. The molecule has 2 rings (SSSR count). The number of rotatable bonds is 2. The van der Waals surface area contributed by atoms with Gasteiger partial charge in [-0.05, 0) is 18.2 Å². The minimum absolute atomic E-state index is 0.224. The van der Waals surface area contributed by atoms with Gasteiger partial charge in [0.1, 0.15) is 11.4 Å². The molecule has 0 spiro atoms. The Kier molecular flexibility index (Phi) is 2.64. The van der Waals surface area contributed by atoms with E-state index in [4.69, 9.17) is 11.6 Å². The molecule has 0 aliphatic rings. The van der Waals surface area contributed by atoms with Crippen molar-refractivity contribution in [3.8, 4) is 5.69 Å². The summed E-state index contributed by atoms with van der Waals surface area (Å²) >= 11 is 5.79. The average molecular weight is 230 g/mol. The summed E-state index contributed by atoms with van der Waals surface area (Å²) in [7, 11) is 0. The molecule has 2 aromatic heterocycles. The van der Waals surface area contributed by atoms with Crippen LogP contribution in [0.3, 0.4) is 0 Å². The summed E-state index contributed by atoms with van der Waals surface area (Å²) in [5.74, 6) is 0. The molecule has 0 saturated heterocycles. The first-order valence-electron chi connectivity index (χ1n) is 4.13. The van der Waals surface area contributed by atoms with E-state index in [0.29, 0.717) is 5.69 Å². The monoisotopic (exact) mass is 229 g/mol. The van der Waals surface area contributed by atoms with Crippen LogP contribution in [0.25, 0.3) is 5.69 Å². The number of hydrogen-bond acceptors (Lipinski definition) is 2. The second-order valence-electron chi connectivity index (χ2n) is 2.80. The van der Waals surface area contributed by atoms with Crippen molar-refractivity contribution in [2.45, 2.75) is 6.43 Å². The van der Waals surface area contributed by atoms with Crippen LogP contribution in [0.5, 0.6) is 0 Å². The number of nitrogens with zero attached hydrogens (tertiary/aromatic N) is 3. The summed E-state index contributed by atoms with van der Waals surface area (Å²) < 4.78 is 25.8. The van der Waals surface area contributed by atoms with E-state index in [0.717, 1.165) is 0 Å². The lowest BCUT2D eigenvalue weighted by molar-refractivity contribution is 0.145. The molecule has 6 heteroatoms. The SMILES string of the molecule is FC(F)c1ccn(-c2cccnc2Cl)n1. The van der Waals surface area contributed by atoms with E-state index in [2.05, 4.69) is 10.1 Å². The van der Waals surface area contributed by atoms with Crippen molar-refractivity contribution in [2.75, 3.05) is 0 Å². The highest BCUT2D eigenvalue weighted by atomic mass is 35.5. The average Bonchev–Trinajstić information content (AvgIpc) is 2.67. The van der Waals surface area contributed by atoms with Gasteiger partial charge < -0.3 is 0 Å². The minimum Gasteiger partial charge on any atom is -0.242 e. The van der Waals surface area contributed by atoms with E-state index in [1.54, 1.807) is 12.1 Å².